The molecule has 2 aliphatic heterocycles. The van der Waals surface area contributed by atoms with Crippen molar-refractivity contribution in [2.45, 2.75) is 38.8 Å². The highest BCUT2D eigenvalue weighted by Crippen LogP contribution is 2.41. The number of aromatic nitrogens is 1. The zero-order chi connectivity index (χ0) is 21.5. The molecule has 3 heterocycles. The lowest BCUT2D eigenvalue weighted by Crippen LogP contribution is -2.57. The molecule has 0 bridgehead atoms. The van der Waals surface area contributed by atoms with Crippen molar-refractivity contribution in [1.29, 1.82) is 5.26 Å². The molecule has 1 spiro atoms. The normalized spacial score (nSPS) is 21.3. The van der Waals surface area contributed by atoms with E-state index in [4.69, 9.17) is 4.74 Å². The van der Waals surface area contributed by atoms with Crippen LogP contribution in [0.4, 0.5) is 0 Å². The second kappa shape index (κ2) is 7.77. The van der Waals surface area contributed by atoms with Crippen molar-refractivity contribution >= 4 is 22.7 Å². The summed E-state index contributed by atoms with van der Waals surface area (Å²) in [6.07, 6.45) is 2.10. The molecule has 1 unspecified atom stereocenters. The molecule has 1 atom stereocenters. The zero-order valence-corrected chi connectivity index (χ0v) is 17.9. The number of nitrogens with zero attached hydrogens (tertiary/aromatic N) is 4. The van der Waals surface area contributed by atoms with Gasteiger partial charge < -0.3 is 19.1 Å². The first-order chi connectivity index (χ1) is 14.4. The summed E-state index contributed by atoms with van der Waals surface area (Å²) in [6.45, 7) is 3.85. The number of ether oxygens (including phenoxy) is 1. The van der Waals surface area contributed by atoms with Gasteiger partial charge in [-0.15, -0.1) is 0 Å². The molecular formula is C23H28N4O3. The van der Waals surface area contributed by atoms with Gasteiger partial charge in [0.1, 0.15) is 12.6 Å². The lowest BCUT2D eigenvalue weighted by Gasteiger charge is -2.47. The van der Waals surface area contributed by atoms with Gasteiger partial charge in [0.2, 0.25) is 11.8 Å². The molecule has 2 fully saturated rings. The van der Waals surface area contributed by atoms with Crippen LogP contribution in [0.15, 0.2) is 24.3 Å². The van der Waals surface area contributed by atoms with Crippen molar-refractivity contribution in [3.05, 3.63) is 35.5 Å². The fourth-order valence-electron chi connectivity index (χ4n) is 5.15. The van der Waals surface area contributed by atoms with Gasteiger partial charge in [0, 0.05) is 44.9 Å². The molecule has 0 radical (unpaired) electrons. The fourth-order valence-corrected chi connectivity index (χ4v) is 5.15. The van der Waals surface area contributed by atoms with Crippen LogP contribution in [-0.4, -0.2) is 66.1 Å². The Kier molecular flexibility index (Phi) is 5.29. The smallest absolute Gasteiger partial charge is 0.242 e. The van der Waals surface area contributed by atoms with E-state index in [1.807, 2.05) is 47.7 Å². The number of nitriles is 1. The number of rotatable bonds is 3. The van der Waals surface area contributed by atoms with E-state index in [2.05, 4.69) is 6.07 Å². The van der Waals surface area contributed by atoms with E-state index >= 15 is 0 Å². The Balaban J connectivity index is 1.50. The zero-order valence-electron chi connectivity index (χ0n) is 17.9. The van der Waals surface area contributed by atoms with E-state index in [1.165, 1.54) is 0 Å². The molecule has 30 heavy (non-hydrogen) atoms. The molecule has 2 aliphatic rings. The minimum absolute atomic E-state index is 0.0260. The van der Waals surface area contributed by atoms with Gasteiger partial charge in [-0.25, -0.2) is 0 Å². The molecule has 1 aromatic heterocycles. The molecule has 7 nitrogen and oxygen atoms in total. The van der Waals surface area contributed by atoms with E-state index in [0.29, 0.717) is 38.0 Å². The van der Waals surface area contributed by atoms with Crippen LogP contribution >= 0.6 is 0 Å². The van der Waals surface area contributed by atoms with Crippen molar-refractivity contribution in [3.63, 3.8) is 0 Å². The minimum atomic E-state index is -0.422. The number of para-hydroxylation sites is 1. The largest absolute Gasteiger partial charge is 0.380 e. The van der Waals surface area contributed by atoms with Crippen molar-refractivity contribution in [2.24, 2.45) is 5.41 Å². The Morgan fingerprint density at radius 2 is 2.00 bits per heavy atom. The third-order valence-electron chi connectivity index (χ3n) is 6.94. The van der Waals surface area contributed by atoms with Gasteiger partial charge in [0.05, 0.1) is 22.6 Å². The molecule has 2 aromatic rings. The van der Waals surface area contributed by atoms with Crippen LogP contribution < -0.4 is 0 Å². The average molecular weight is 409 g/mol. The van der Waals surface area contributed by atoms with E-state index in [9.17, 15) is 14.9 Å². The van der Waals surface area contributed by atoms with E-state index in [1.54, 1.807) is 12.0 Å². The predicted octanol–water partition coefficient (Wildman–Crippen LogP) is 2.31. The van der Waals surface area contributed by atoms with E-state index < -0.39 is 5.41 Å². The number of carbonyl (C=O) groups is 2. The SMILES string of the molecule is COC1CN(C)C(=O)C2(CCN(C(=O)Cn3c(C)c(C#N)c4ccccc43)CC2)C1. The maximum Gasteiger partial charge on any atom is 0.242 e. The van der Waals surface area contributed by atoms with Crippen LogP contribution in [0, 0.1) is 23.7 Å². The topological polar surface area (TPSA) is 78.6 Å². The summed E-state index contributed by atoms with van der Waals surface area (Å²) in [6, 6.07) is 9.97. The van der Waals surface area contributed by atoms with E-state index in [0.717, 1.165) is 23.0 Å². The monoisotopic (exact) mass is 408 g/mol. The van der Waals surface area contributed by atoms with Crippen LogP contribution in [0.5, 0.6) is 0 Å². The molecule has 4 rings (SSSR count). The molecular weight excluding hydrogens is 380 g/mol. The van der Waals surface area contributed by atoms with Gasteiger partial charge in [-0.2, -0.15) is 5.26 Å². The molecule has 2 saturated heterocycles. The quantitative estimate of drug-likeness (QED) is 0.781. The highest BCUT2D eigenvalue weighted by Gasteiger charge is 2.48. The third kappa shape index (κ3) is 3.25. The van der Waals surface area contributed by atoms with Crippen molar-refractivity contribution in [3.8, 4) is 6.07 Å². The number of methoxy groups -OCH3 is 1. The van der Waals surface area contributed by atoms with Gasteiger partial charge in [-0.3, -0.25) is 9.59 Å². The standard InChI is InChI=1S/C23H28N4O3/c1-16-19(13-24)18-6-4-5-7-20(18)27(16)15-21(28)26-10-8-23(9-11-26)12-17(30-3)14-25(2)22(23)29/h4-7,17H,8-12,14-15H2,1-3H3. The number of hydrogen-bond donors (Lipinski definition) is 0. The summed E-state index contributed by atoms with van der Waals surface area (Å²) in [7, 11) is 3.53. The molecule has 158 valence electrons. The molecule has 2 amide bonds. The van der Waals surface area contributed by atoms with Gasteiger partial charge in [-0.1, -0.05) is 18.2 Å². The summed E-state index contributed by atoms with van der Waals surface area (Å²) >= 11 is 0. The Hall–Kier alpha value is -2.85. The summed E-state index contributed by atoms with van der Waals surface area (Å²) in [4.78, 5) is 29.6. The van der Waals surface area contributed by atoms with Gasteiger partial charge in [-0.05, 0) is 32.3 Å². The summed E-state index contributed by atoms with van der Waals surface area (Å²) in [5.41, 5.74) is 1.92. The number of piperidine rings is 2. The Morgan fingerprint density at radius 1 is 1.30 bits per heavy atom. The Labute approximate surface area is 176 Å². The molecule has 7 heteroatoms. The molecule has 1 aromatic carbocycles. The fraction of sp³-hybridized carbons (Fsp3) is 0.522. The lowest BCUT2D eigenvalue weighted by atomic mass is 9.71. The van der Waals surface area contributed by atoms with Crippen molar-refractivity contribution in [1.82, 2.24) is 14.4 Å². The third-order valence-corrected chi connectivity index (χ3v) is 6.94. The number of hydrogen-bond acceptors (Lipinski definition) is 4. The second-order valence-electron chi connectivity index (χ2n) is 8.58. The Morgan fingerprint density at radius 3 is 2.67 bits per heavy atom. The lowest BCUT2D eigenvalue weighted by molar-refractivity contribution is -0.158. The van der Waals surface area contributed by atoms with Crippen LogP contribution in [0.1, 0.15) is 30.5 Å². The number of amides is 2. The molecule has 0 saturated carbocycles. The summed E-state index contributed by atoms with van der Waals surface area (Å²) in [5, 5.41) is 10.4. The average Bonchev–Trinajstić information content (AvgIpc) is 3.03. The highest BCUT2D eigenvalue weighted by molar-refractivity contribution is 5.90. The molecule has 0 N–H and O–H groups in total. The first kappa shape index (κ1) is 20.4. The predicted molar refractivity (Wildman–Crippen MR) is 113 cm³/mol. The maximum atomic E-state index is 13.1. The number of likely N-dealkylation sites (N-methyl/N-ethyl adjacent to an activating group) is 1. The number of carbonyl (C=O) groups excluding carboxylic acids is 2. The minimum Gasteiger partial charge on any atom is -0.380 e. The number of benzene rings is 1. The summed E-state index contributed by atoms with van der Waals surface area (Å²) < 4.78 is 7.49. The second-order valence-corrected chi connectivity index (χ2v) is 8.58. The Bertz CT molecular complexity index is 1030. The van der Waals surface area contributed by atoms with Gasteiger partial charge >= 0.3 is 0 Å². The van der Waals surface area contributed by atoms with Crippen LogP contribution in [0.2, 0.25) is 0 Å². The first-order valence-corrected chi connectivity index (χ1v) is 10.4. The number of fused-ring (bicyclic) bond motifs is 1. The summed E-state index contributed by atoms with van der Waals surface area (Å²) in [5.74, 6) is 0.201. The van der Waals surface area contributed by atoms with Crippen LogP contribution in [0.3, 0.4) is 0 Å². The maximum absolute atomic E-state index is 13.1. The molecule has 0 aliphatic carbocycles. The highest BCUT2D eigenvalue weighted by atomic mass is 16.5. The van der Waals surface area contributed by atoms with Crippen LogP contribution in [0.25, 0.3) is 10.9 Å². The van der Waals surface area contributed by atoms with Crippen molar-refractivity contribution in [2.75, 3.05) is 33.8 Å². The first-order valence-electron chi connectivity index (χ1n) is 10.4. The van der Waals surface area contributed by atoms with Gasteiger partial charge in [0.15, 0.2) is 0 Å². The van der Waals surface area contributed by atoms with Crippen molar-refractivity contribution < 1.29 is 14.3 Å². The van der Waals surface area contributed by atoms with Crippen LogP contribution in [-0.2, 0) is 20.9 Å². The van der Waals surface area contributed by atoms with Gasteiger partial charge in [0.25, 0.3) is 0 Å². The number of likely N-dealkylation sites (tertiary alicyclic amines) is 2. The van der Waals surface area contributed by atoms with E-state index in [-0.39, 0.29) is 24.5 Å².